The van der Waals surface area contributed by atoms with Gasteiger partial charge >= 0.3 is 0 Å². The summed E-state index contributed by atoms with van der Waals surface area (Å²) in [4.78, 5) is 25.7. The van der Waals surface area contributed by atoms with Gasteiger partial charge in [-0.05, 0) is 41.3 Å². The number of benzene rings is 4. The third-order valence-electron chi connectivity index (χ3n) is 5.99. The Hall–Kier alpha value is -4.42. The zero-order valence-corrected chi connectivity index (χ0v) is 19.9. The molecular formula is C30H30N4O2. The van der Waals surface area contributed by atoms with Gasteiger partial charge in [0.05, 0.1) is 6.04 Å². The van der Waals surface area contributed by atoms with Crippen molar-refractivity contribution in [2.24, 2.45) is 5.73 Å². The first-order valence-electron chi connectivity index (χ1n) is 11.9. The summed E-state index contributed by atoms with van der Waals surface area (Å²) in [6, 6.07) is 33.8. The van der Waals surface area contributed by atoms with E-state index in [1.54, 1.807) is 18.2 Å². The molecule has 6 nitrogen and oxygen atoms in total. The zero-order valence-electron chi connectivity index (χ0n) is 19.9. The molecule has 36 heavy (non-hydrogen) atoms. The van der Waals surface area contributed by atoms with Gasteiger partial charge in [-0.3, -0.25) is 9.59 Å². The van der Waals surface area contributed by atoms with Crippen LogP contribution < -0.4 is 22.1 Å². The van der Waals surface area contributed by atoms with Crippen LogP contribution in [0.4, 0.5) is 11.4 Å². The molecule has 4 aromatic rings. The van der Waals surface area contributed by atoms with E-state index in [-0.39, 0.29) is 17.7 Å². The summed E-state index contributed by atoms with van der Waals surface area (Å²) in [5.74, 6) is -0.625. The molecule has 4 aromatic carbocycles. The van der Waals surface area contributed by atoms with Crippen LogP contribution in [0.3, 0.4) is 0 Å². The molecule has 0 aromatic heterocycles. The molecule has 1 atom stereocenters. The molecule has 4 rings (SSSR count). The van der Waals surface area contributed by atoms with E-state index in [1.165, 1.54) is 0 Å². The number of hydrogen-bond acceptors (Lipinski definition) is 4. The number of carbonyl (C=O) groups is 2. The van der Waals surface area contributed by atoms with Crippen LogP contribution in [-0.4, -0.2) is 24.4 Å². The van der Waals surface area contributed by atoms with Crippen LogP contribution in [0.5, 0.6) is 0 Å². The van der Waals surface area contributed by atoms with Crippen LogP contribution in [-0.2, 0) is 11.2 Å². The van der Waals surface area contributed by atoms with Crippen molar-refractivity contribution < 1.29 is 9.59 Å². The fraction of sp³-hybridized carbons (Fsp3) is 0.133. The largest absolute Gasteiger partial charge is 0.399 e. The van der Waals surface area contributed by atoms with Gasteiger partial charge in [0, 0.05) is 29.4 Å². The van der Waals surface area contributed by atoms with Gasteiger partial charge < -0.3 is 22.1 Å². The van der Waals surface area contributed by atoms with Crippen molar-refractivity contribution in [1.29, 1.82) is 0 Å². The predicted molar refractivity (Wildman–Crippen MR) is 145 cm³/mol. The highest BCUT2D eigenvalue weighted by Crippen LogP contribution is 2.24. The highest BCUT2D eigenvalue weighted by atomic mass is 16.2. The van der Waals surface area contributed by atoms with Crippen LogP contribution in [0.2, 0.25) is 0 Å². The van der Waals surface area contributed by atoms with Gasteiger partial charge in [-0.1, -0.05) is 91.0 Å². The van der Waals surface area contributed by atoms with Gasteiger partial charge in [-0.2, -0.15) is 0 Å². The lowest BCUT2D eigenvalue weighted by atomic mass is 9.91. The third-order valence-corrected chi connectivity index (χ3v) is 5.99. The Labute approximate surface area is 211 Å². The van der Waals surface area contributed by atoms with Crippen molar-refractivity contribution >= 4 is 23.2 Å². The molecule has 2 amide bonds. The normalized spacial score (nSPS) is 11.6. The minimum atomic E-state index is -0.733. The Morgan fingerprint density at radius 2 is 1.31 bits per heavy atom. The third kappa shape index (κ3) is 6.58. The van der Waals surface area contributed by atoms with Crippen molar-refractivity contribution in [3.63, 3.8) is 0 Å². The molecule has 0 unspecified atom stereocenters. The van der Waals surface area contributed by atoms with Crippen molar-refractivity contribution in [3.05, 3.63) is 131 Å². The van der Waals surface area contributed by atoms with Crippen LogP contribution in [0, 0.1) is 0 Å². The molecule has 6 N–H and O–H groups in total. The first-order valence-corrected chi connectivity index (χ1v) is 11.9. The summed E-state index contributed by atoms with van der Waals surface area (Å²) in [6.45, 7) is 0.408. The van der Waals surface area contributed by atoms with Crippen molar-refractivity contribution in [2.45, 2.75) is 18.4 Å². The lowest BCUT2D eigenvalue weighted by molar-refractivity contribution is -0.117. The number of nitrogens with one attached hydrogen (secondary N) is 2. The smallest absolute Gasteiger partial charge is 0.251 e. The summed E-state index contributed by atoms with van der Waals surface area (Å²) in [5, 5.41) is 5.82. The lowest BCUT2D eigenvalue weighted by Crippen LogP contribution is -2.37. The van der Waals surface area contributed by atoms with Crippen LogP contribution >= 0.6 is 0 Å². The lowest BCUT2D eigenvalue weighted by Gasteiger charge is -2.19. The molecule has 0 spiro atoms. The first-order chi connectivity index (χ1) is 17.5. The second kappa shape index (κ2) is 11.8. The van der Waals surface area contributed by atoms with Gasteiger partial charge in [0.2, 0.25) is 5.91 Å². The van der Waals surface area contributed by atoms with Crippen LogP contribution in [0.1, 0.15) is 33.0 Å². The van der Waals surface area contributed by atoms with E-state index in [0.717, 1.165) is 16.7 Å². The summed E-state index contributed by atoms with van der Waals surface area (Å²) in [6.07, 6.45) is 0.405. The number of carbonyl (C=O) groups excluding carboxylic acids is 2. The highest BCUT2D eigenvalue weighted by molar-refractivity contribution is 5.99. The maximum Gasteiger partial charge on any atom is 0.251 e. The minimum Gasteiger partial charge on any atom is -0.399 e. The second-order valence-electron chi connectivity index (χ2n) is 8.71. The van der Waals surface area contributed by atoms with Crippen molar-refractivity contribution in [1.82, 2.24) is 5.32 Å². The van der Waals surface area contributed by atoms with Gasteiger partial charge in [-0.25, -0.2) is 0 Å². The molecule has 0 radical (unpaired) electrons. The zero-order chi connectivity index (χ0) is 25.3. The Balaban J connectivity index is 1.44. The number of nitrogens with two attached hydrogens (primary N) is 2. The molecule has 0 fully saturated rings. The highest BCUT2D eigenvalue weighted by Gasteiger charge is 2.18. The molecular weight excluding hydrogens is 448 g/mol. The van der Waals surface area contributed by atoms with E-state index in [4.69, 9.17) is 11.5 Å². The Morgan fingerprint density at radius 3 is 1.89 bits per heavy atom. The van der Waals surface area contributed by atoms with E-state index >= 15 is 0 Å². The van der Waals surface area contributed by atoms with E-state index in [1.807, 2.05) is 66.7 Å². The van der Waals surface area contributed by atoms with Crippen LogP contribution in [0.25, 0.3) is 0 Å². The predicted octanol–water partition coefficient (Wildman–Crippen LogP) is 4.34. The minimum absolute atomic E-state index is 0.00688. The van der Waals surface area contributed by atoms with Crippen molar-refractivity contribution in [2.75, 3.05) is 17.6 Å². The first kappa shape index (κ1) is 24.7. The summed E-state index contributed by atoms with van der Waals surface area (Å²) < 4.78 is 0. The molecule has 0 heterocycles. The Bertz CT molecular complexity index is 1260. The monoisotopic (exact) mass is 478 g/mol. The number of hydrogen-bond donors (Lipinski definition) is 4. The number of nitrogen functional groups attached to an aromatic ring is 1. The average molecular weight is 479 g/mol. The number of rotatable bonds is 9. The fourth-order valence-corrected chi connectivity index (χ4v) is 4.15. The fourth-order valence-electron chi connectivity index (χ4n) is 4.15. The second-order valence-corrected chi connectivity index (χ2v) is 8.71. The number of amides is 2. The quantitative estimate of drug-likeness (QED) is 0.268. The SMILES string of the molecule is Nc1cc(NC(=O)[C@@H](N)Cc2ccccc2)cc(C(=O)NCC(c2ccccc2)c2ccccc2)c1. The average Bonchev–Trinajstić information content (AvgIpc) is 2.90. The molecule has 0 aliphatic carbocycles. The molecule has 0 aliphatic heterocycles. The van der Waals surface area contributed by atoms with Gasteiger partial charge in [-0.15, -0.1) is 0 Å². The van der Waals surface area contributed by atoms with E-state index in [2.05, 4.69) is 34.9 Å². The standard InChI is InChI=1S/C30H30N4O2/c31-25-17-24(18-26(19-25)34-30(36)28(32)16-21-10-4-1-5-11-21)29(35)33-20-27(22-12-6-2-7-13-22)23-14-8-3-9-15-23/h1-15,17-19,27-28H,16,20,31-32H2,(H,33,35)(H,34,36)/t28-/m0/s1. The van der Waals surface area contributed by atoms with Gasteiger partial charge in [0.15, 0.2) is 0 Å². The maximum atomic E-state index is 13.1. The molecule has 0 bridgehead atoms. The Morgan fingerprint density at radius 1 is 0.750 bits per heavy atom. The van der Waals surface area contributed by atoms with E-state index < -0.39 is 6.04 Å². The topological polar surface area (TPSA) is 110 Å². The van der Waals surface area contributed by atoms with E-state index in [9.17, 15) is 9.59 Å². The Kier molecular flexibility index (Phi) is 8.11. The van der Waals surface area contributed by atoms with Gasteiger partial charge in [0.25, 0.3) is 5.91 Å². The maximum absolute atomic E-state index is 13.1. The molecule has 0 aliphatic rings. The molecule has 182 valence electrons. The van der Waals surface area contributed by atoms with Gasteiger partial charge in [0.1, 0.15) is 0 Å². The summed E-state index contributed by atoms with van der Waals surface area (Å²) in [5.41, 5.74) is 16.5. The summed E-state index contributed by atoms with van der Waals surface area (Å²) in [7, 11) is 0. The van der Waals surface area contributed by atoms with Crippen LogP contribution in [0.15, 0.2) is 109 Å². The van der Waals surface area contributed by atoms with E-state index in [0.29, 0.717) is 29.9 Å². The molecule has 0 saturated heterocycles. The number of anilines is 2. The molecule has 0 saturated carbocycles. The summed E-state index contributed by atoms with van der Waals surface area (Å²) >= 11 is 0. The molecule has 6 heteroatoms. The van der Waals surface area contributed by atoms with Crippen molar-refractivity contribution in [3.8, 4) is 0 Å².